The predicted molar refractivity (Wildman–Crippen MR) is 173 cm³/mol. The highest BCUT2D eigenvalue weighted by atomic mass is 19.4. The molecule has 0 spiro atoms. The van der Waals surface area contributed by atoms with Crippen molar-refractivity contribution in [1.82, 2.24) is 24.8 Å². The monoisotopic (exact) mass is 734 g/mol. The minimum atomic E-state index is -5.08. The number of allylic oxidation sites excluding steroid dienone is 2. The molecule has 5 atom stereocenters. The van der Waals surface area contributed by atoms with Crippen LogP contribution in [0.4, 0.5) is 32.0 Å². The smallest absolute Gasteiger partial charge is 0.475 e. The highest BCUT2D eigenvalue weighted by Gasteiger charge is 2.48. The Morgan fingerprint density at radius 3 is 2.00 bits per heavy atom. The largest absolute Gasteiger partial charge is 0.490 e. The van der Waals surface area contributed by atoms with Crippen molar-refractivity contribution in [2.24, 2.45) is 11.8 Å². The number of halogens is 6. The van der Waals surface area contributed by atoms with Crippen LogP contribution >= 0.6 is 0 Å². The van der Waals surface area contributed by atoms with Crippen molar-refractivity contribution in [1.29, 1.82) is 0 Å². The second-order valence-electron chi connectivity index (χ2n) is 13.2. The van der Waals surface area contributed by atoms with E-state index >= 15 is 0 Å². The van der Waals surface area contributed by atoms with E-state index in [0.29, 0.717) is 61.6 Å². The van der Waals surface area contributed by atoms with Gasteiger partial charge in [-0.25, -0.2) is 27.5 Å². The Balaban J connectivity index is 0.000000679. The SMILES string of the molecule is Cc1ccc(C(=O)N2C[C@@H](C)N(Cc3cn([C@@H](C)c4c(F)cc(F)cc4F)nn3)[C@@H](C)C2)cc1N1C(=O)C2CC=CCC2C1=O.O=C(O)C(F)(F)F. The van der Waals surface area contributed by atoms with E-state index in [4.69, 9.17) is 9.90 Å². The molecule has 3 amide bonds. The molecule has 0 bridgehead atoms. The van der Waals surface area contributed by atoms with Gasteiger partial charge in [-0.15, -0.1) is 5.10 Å². The lowest BCUT2D eigenvalue weighted by Crippen LogP contribution is -2.57. The summed E-state index contributed by atoms with van der Waals surface area (Å²) in [7, 11) is 0. The summed E-state index contributed by atoms with van der Waals surface area (Å²) < 4.78 is 75.2. The number of carboxylic acid groups (broad SMARTS) is 1. The lowest BCUT2D eigenvalue weighted by molar-refractivity contribution is -0.192. The number of hydrogen-bond acceptors (Lipinski definition) is 7. The fourth-order valence-corrected chi connectivity index (χ4v) is 6.88. The van der Waals surface area contributed by atoms with E-state index in [1.54, 1.807) is 36.2 Å². The van der Waals surface area contributed by atoms with Crippen LogP contribution in [-0.4, -0.2) is 84.9 Å². The van der Waals surface area contributed by atoms with Crippen LogP contribution in [0.25, 0.3) is 0 Å². The molecular formula is C35H36F6N6O5. The fourth-order valence-electron chi connectivity index (χ4n) is 6.88. The van der Waals surface area contributed by atoms with E-state index in [9.17, 15) is 40.7 Å². The maximum atomic E-state index is 14.4. The van der Waals surface area contributed by atoms with Gasteiger partial charge in [0.2, 0.25) is 11.8 Å². The van der Waals surface area contributed by atoms with Crippen molar-refractivity contribution in [2.75, 3.05) is 18.0 Å². The molecule has 3 heterocycles. The van der Waals surface area contributed by atoms with Gasteiger partial charge in [-0.05, 0) is 58.2 Å². The first-order valence-corrected chi connectivity index (χ1v) is 16.4. The van der Waals surface area contributed by atoms with Crippen LogP contribution in [-0.2, 0) is 20.9 Å². The molecule has 278 valence electrons. The van der Waals surface area contributed by atoms with Crippen LogP contribution in [0.15, 0.2) is 48.7 Å². The van der Waals surface area contributed by atoms with E-state index in [-0.39, 0.29) is 47.2 Å². The maximum absolute atomic E-state index is 14.4. The third kappa shape index (κ3) is 7.73. The lowest BCUT2D eigenvalue weighted by Gasteiger charge is -2.44. The molecule has 2 unspecified atom stereocenters. The molecule has 1 aromatic heterocycles. The Morgan fingerprint density at radius 1 is 0.942 bits per heavy atom. The molecule has 52 heavy (non-hydrogen) atoms. The van der Waals surface area contributed by atoms with Gasteiger partial charge in [-0.1, -0.05) is 23.4 Å². The molecule has 2 aromatic carbocycles. The molecule has 3 aromatic rings. The molecule has 2 saturated heterocycles. The van der Waals surface area contributed by atoms with Crippen molar-refractivity contribution in [3.8, 4) is 0 Å². The number of nitrogens with zero attached hydrogens (tertiary/aromatic N) is 6. The van der Waals surface area contributed by atoms with Crippen molar-refractivity contribution < 1.29 is 50.6 Å². The molecule has 2 aliphatic heterocycles. The molecule has 17 heteroatoms. The average Bonchev–Trinajstić information content (AvgIpc) is 3.64. The number of piperazine rings is 1. The third-order valence-electron chi connectivity index (χ3n) is 9.60. The molecule has 11 nitrogen and oxygen atoms in total. The molecular weight excluding hydrogens is 698 g/mol. The van der Waals surface area contributed by atoms with Crippen LogP contribution in [0.2, 0.25) is 0 Å². The molecule has 2 fully saturated rings. The first kappa shape index (κ1) is 38.2. The van der Waals surface area contributed by atoms with Gasteiger partial charge in [0, 0.05) is 55.0 Å². The summed E-state index contributed by atoms with van der Waals surface area (Å²) in [6.07, 6.45) is 1.52. The summed E-state index contributed by atoms with van der Waals surface area (Å²) in [6, 6.07) is 5.49. The van der Waals surface area contributed by atoms with Crippen molar-refractivity contribution in [2.45, 2.75) is 71.4 Å². The first-order valence-electron chi connectivity index (χ1n) is 16.4. The average molecular weight is 735 g/mol. The number of aryl methyl sites for hydroxylation is 1. The number of rotatable bonds is 6. The number of aromatic nitrogens is 3. The van der Waals surface area contributed by atoms with E-state index in [0.717, 1.165) is 5.56 Å². The minimum Gasteiger partial charge on any atom is -0.475 e. The minimum absolute atomic E-state index is 0.0606. The number of anilines is 1. The zero-order chi connectivity index (χ0) is 38.2. The number of fused-ring (bicyclic) bond motifs is 1. The topological polar surface area (TPSA) is 129 Å². The van der Waals surface area contributed by atoms with Crippen molar-refractivity contribution >= 4 is 29.4 Å². The number of aliphatic carboxylic acids is 1. The second kappa shape index (κ2) is 14.9. The summed E-state index contributed by atoms with van der Waals surface area (Å²) in [5.74, 6) is -7.05. The van der Waals surface area contributed by atoms with Crippen LogP contribution in [0.1, 0.15) is 66.8 Å². The number of alkyl halides is 3. The Kier molecular flexibility index (Phi) is 10.9. The molecule has 0 radical (unpaired) electrons. The van der Waals surface area contributed by atoms with Crippen LogP contribution in [0.3, 0.4) is 0 Å². The maximum Gasteiger partial charge on any atom is 0.490 e. The number of carbonyl (C=O) groups excluding carboxylic acids is 3. The number of amides is 3. The van der Waals surface area contributed by atoms with E-state index < -0.39 is 35.6 Å². The zero-order valence-electron chi connectivity index (χ0n) is 28.6. The standard InChI is InChI=1S/C33H35F3N6O3.C2HF3O2/c1-18-9-10-22(11-29(18)42-32(44)25-7-5-6-8-26(25)33(42)45)31(43)39-14-19(2)40(20(3)15-39)16-24-17-41(38-37-24)21(4)30-27(35)12-23(34)13-28(30)36;3-2(4,5)1(6)7/h5-6,9-13,17,19-21,25-26H,7-8,14-16H2,1-4H3;(H,6,7)/t19-,20+,21-,25?,26?;/m0./s1. The highest BCUT2D eigenvalue weighted by Crippen LogP contribution is 2.39. The summed E-state index contributed by atoms with van der Waals surface area (Å²) in [6.45, 7) is 8.66. The van der Waals surface area contributed by atoms with Gasteiger partial charge < -0.3 is 10.0 Å². The van der Waals surface area contributed by atoms with Crippen LogP contribution in [0.5, 0.6) is 0 Å². The van der Waals surface area contributed by atoms with Crippen molar-refractivity contribution in [3.05, 3.63) is 88.5 Å². The Morgan fingerprint density at radius 2 is 1.48 bits per heavy atom. The van der Waals surface area contributed by atoms with Gasteiger partial charge in [-0.3, -0.25) is 19.3 Å². The second-order valence-corrected chi connectivity index (χ2v) is 13.2. The fraction of sp³-hybridized carbons (Fsp3) is 0.429. The van der Waals surface area contributed by atoms with Gasteiger partial charge in [-0.2, -0.15) is 13.2 Å². The number of carboxylic acids is 1. The number of carbonyl (C=O) groups is 4. The Bertz CT molecular complexity index is 1850. The zero-order valence-corrected chi connectivity index (χ0v) is 28.6. The van der Waals surface area contributed by atoms with E-state index in [2.05, 4.69) is 15.2 Å². The Labute approximate surface area is 294 Å². The van der Waals surface area contributed by atoms with E-state index in [1.807, 2.05) is 32.9 Å². The normalized spacial score (nSPS) is 22.6. The summed E-state index contributed by atoms with van der Waals surface area (Å²) in [5.41, 5.74) is 1.91. The van der Waals surface area contributed by atoms with Crippen LogP contribution < -0.4 is 4.90 Å². The van der Waals surface area contributed by atoms with Gasteiger partial charge in [0.15, 0.2) is 0 Å². The third-order valence-corrected chi connectivity index (χ3v) is 9.60. The predicted octanol–water partition coefficient (Wildman–Crippen LogP) is 5.44. The van der Waals surface area contributed by atoms with Gasteiger partial charge in [0.1, 0.15) is 17.5 Å². The van der Waals surface area contributed by atoms with Gasteiger partial charge in [0.05, 0.1) is 35.5 Å². The lowest BCUT2D eigenvalue weighted by atomic mass is 9.85. The highest BCUT2D eigenvalue weighted by molar-refractivity contribution is 6.22. The quantitative estimate of drug-likeness (QED) is 0.202. The molecule has 3 aliphatic rings. The summed E-state index contributed by atoms with van der Waals surface area (Å²) in [4.78, 5) is 54.3. The van der Waals surface area contributed by atoms with Gasteiger partial charge >= 0.3 is 12.1 Å². The molecule has 0 saturated carbocycles. The number of hydrogen-bond donors (Lipinski definition) is 1. The molecule has 1 N–H and O–H groups in total. The Hall–Kier alpha value is -5.06. The summed E-state index contributed by atoms with van der Waals surface area (Å²) in [5, 5.41) is 15.4. The number of benzene rings is 2. The van der Waals surface area contributed by atoms with Crippen LogP contribution in [0, 0.1) is 36.2 Å². The van der Waals surface area contributed by atoms with E-state index in [1.165, 1.54) is 9.58 Å². The molecule has 6 rings (SSSR count). The van der Waals surface area contributed by atoms with Crippen molar-refractivity contribution in [3.63, 3.8) is 0 Å². The first-order chi connectivity index (χ1) is 24.4. The number of imide groups is 1. The van der Waals surface area contributed by atoms with Gasteiger partial charge in [0.25, 0.3) is 5.91 Å². The molecule has 1 aliphatic carbocycles. The summed E-state index contributed by atoms with van der Waals surface area (Å²) >= 11 is 0.